The molecule has 2 aliphatic heterocycles. The average Bonchev–Trinajstić information content (AvgIpc) is 3.50. The third-order valence-electron chi connectivity index (χ3n) is 5.47. The lowest BCUT2D eigenvalue weighted by Gasteiger charge is -2.17. The monoisotopic (exact) mass is 447 g/mol. The van der Waals surface area contributed by atoms with Gasteiger partial charge in [0.15, 0.2) is 23.2 Å². The van der Waals surface area contributed by atoms with Crippen LogP contribution in [0.3, 0.4) is 0 Å². The van der Waals surface area contributed by atoms with Gasteiger partial charge in [0.05, 0.1) is 25.1 Å². The molecule has 5 atom stereocenters. The van der Waals surface area contributed by atoms with Crippen LogP contribution in [-0.2, 0) is 9.47 Å². The molecule has 0 aliphatic carbocycles. The molecule has 0 unspecified atom stereocenters. The number of anilines is 1. The summed E-state index contributed by atoms with van der Waals surface area (Å²) >= 11 is 1.42. The van der Waals surface area contributed by atoms with Crippen molar-refractivity contribution < 1.29 is 24.1 Å². The van der Waals surface area contributed by atoms with Crippen LogP contribution >= 0.6 is 11.8 Å². The first kappa shape index (κ1) is 20.6. The zero-order valence-corrected chi connectivity index (χ0v) is 17.3. The van der Waals surface area contributed by atoms with E-state index in [4.69, 9.17) is 9.47 Å². The molecule has 164 valence electrons. The number of benzene rings is 1. The second kappa shape index (κ2) is 8.67. The first-order valence-electron chi connectivity index (χ1n) is 10.0. The highest BCUT2D eigenvalue weighted by molar-refractivity contribution is 7.99. The summed E-state index contributed by atoms with van der Waals surface area (Å²) in [6.45, 7) is 1.31. The summed E-state index contributed by atoms with van der Waals surface area (Å²) in [5.74, 6) is 0.687. The van der Waals surface area contributed by atoms with E-state index in [0.717, 1.165) is 11.3 Å². The van der Waals surface area contributed by atoms with Crippen LogP contribution in [0, 0.1) is 5.82 Å². The topological polar surface area (TPSA) is 115 Å². The second-order valence-electron chi connectivity index (χ2n) is 7.56. The van der Waals surface area contributed by atoms with Crippen molar-refractivity contribution in [3.8, 4) is 0 Å². The summed E-state index contributed by atoms with van der Waals surface area (Å²) in [5.41, 5.74) is 1.06. The maximum atomic E-state index is 13.1. The SMILES string of the molecule is O[C@@H]1[C@H](O)[C@@H](CSc2ccc(F)cc2)O[C@H]1n1cnc2c(N[C@@H]3CCOC3)ncnc21. The average molecular weight is 447 g/mol. The summed E-state index contributed by atoms with van der Waals surface area (Å²) < 4.78 is 26.1. The molecule has 2 fully saturated rings. The number of ether oxygens (including phenoxy) is 2. The Bertz CT molecular complexity index is 1050. The van der Waals surface area contributed by atoms with Crippen molar-refractivity contribution in [3.63, 3.8) is 0 Å². The maximum Gasteiger partial charge on any atom is 0.167 e. The van der Waals surface area contributed by atoms with E-state index in [0.29, 0.717) is 35.9 Å². The minimum absolute atomic E-state index is 0.159. The molecule has 31 heavy (non-hydrogen) atoms. The van der Waals surface area contributed by atoms with Gasteiger partial charge in [-0.25, -0.2) is 19.3 Å². The van der Waals surface area contributed by atoms with Crippen molar-refractivity contribution in [2.24, 2.45) is 0 Å². The van der Waals surface area contributed by atoms with Crippen molar-refractivity contribution in [1.29, 1.82) is 0 Å². The summed E-state index contributed by atoms with van der Waals surface area (Å²) in [5, 5.41) is 24.5. The Morgan fingerprint density at radius 3 is 2.77 bits per heavy atom. The van der Waals surface area contributed by atoms with Crippen LogP contribution in [-0.4, -0.2) is 73.1 Å². The lowest BCUT2D eigenvalue weighted by molar-refractivity contribution is -0.0289. The number of hydrogen-bond acceptors (Lipinski definition) is 9. The van der Waals surface area contributed by atoms with Gasteiger partial charge >= 0.3 is 0 Å². The number of aliphatic hydroxyl groups is 2. The maximum absolute atomic E-state index is 13.1. The molecule has 5 rings (SSSR count). The Labute approximate surface area is 181 Å². The number of aromatic nitrogens is 4. The lowest BCUT2D eigenvalue weighted by atomic mass is 10.1. The summed E-state index contributed by atoms with van der Waals surface area (Å²) in [7, 11) is 0. The minimum Gasteiger partial charge on any atom is -0.387 e. The fourth-order valence-electron chi connectivity index (χ4n) is 3.79. The van der Waals surface area contributed by atoms with Gasteiger partial charge in [0.2, 0.25) is 0 Å². The predicted octanol–water partition coefficient (Wildman–Crippen LogP) is 1.58. The van der Waals surface area contributed by atoms with E-state index < -0.39 is 24.5 Å². The lowest BCUT2D eigenvalue weighted by Crippen LogP contribution is -2.32. The number of rotatable bonds is 6. The van der Waals surface area contributed by atoms with E-state index in [9.17, 15) is 14.6 Å². The van der Waals surface area contributed by atoms with E-state index in [1.54, 1.807) is 16.7 Å². The van der Waals surface area contributed by atoms with Crippen molar-refractivity contribution in [2.75, 3.05) is 24.3 Å². The van der Waals surface area contributed by atoms with Crippen molar-refractivity contribution in [2.45, 2.75) is 41.9 Å². The standard InChI is InChI=1S/C20H22FN5O4S/c21-11-1-3-13(4-2-11)31-8-14-16(27)17(28)20(30-14)26-10-24-15-18(22-9-23-19(15)26)25-12-5-6-29-7-12/h1-4,9-10,12,14,16-17,20,27-28H,5-8H2,(H,22,23,25)/t12-,14-,16-,17-,20-/m1/s1. The van der Waals surface area contributed by atoms with Crippen LogP contribution in [0.2, 0.25) is 0 Å². The molecule has 11 heteroatoms. The van der Waals surface area contributed by atoms with Crippen LogP contribution in [0.15, 0.2) is 41.8 Å². The highest BCUT2D eigenvalue weighted by Gasteiger charge is 2.44. The van der Waals surface area contributed by atoms with Gasteiger partial charge in [-0.3, -0.25) is 4.57 Å². The van der Waals surface area contributed by atoms with Crippen LogP contribution in [0.25, 0.3) is 11.2 Å². The molecule has 0 radical (unpaired) electrons. The van der Waals surface area contributed by atoms with Gasteiger partial charge in [0.1, 0.15) is 24.4 Å². The quantitative estimate of drug-likeness (QED) is 0.485. The molecule has 3 aromatic rings. The number of nitrogens with one attached hydrogen (secondary N) is 1. The number of fused-ring (bicyclic) bond motifs is 1. The molecular weight excluding hydrogens is 425 g/mol. The van der Waals surface area contributed by atoms with Gasteiger partial charge < -0.3 is 25.0 Å². The Morgan fingerprint density at radius 1 is 1.16 bits per heavy atom. The third-order valence-corrected chi connectivity index (χ3v) is 6.57. The number of hydrogen-bond donors (Lipinski definition) is 3. The highest BCUT2D eigenvalue weighted by Crippen LogP contribution is 2.35. The number of nitrogens with zero attached hydrogens (tertiary/aromatic N) is 4. The van der Waals surface area contributed by atoms with Crippen LogP contribution in [0.4, 0.5) is 10.2 Å². The van der Waals surface area contributed by atoms with E-state index >= 15 is 0 Å². The van der Waals surface area contributed by atoms with Gasteiger partial charge in [-0.1, -0.05) is 0 Å². The molecule has 0 saturated carbocycles. The second-order valence-corrected chi connectivity index (χ2v) is 8.66. The van der Waals surface area contributed by atoms with Gasteiger partial charge in [0, 0.05) is 17.3 Å². The zero-order chi connectivity index (χ0) is 21.4. The van der Waals surface area contributed by atoms with Gasteiger partial charge in [-0.05, 0) is 30.7 Å². The van der Waals surface area contributed by atoms with E-state index in [1.807, 2.05) is 0 Å². The van der Waals surface area contributed by atoms with Crippen molar-refractivity contribution >= 4 is 28.7 Å². The molecule has 2 aromatic heterocycles. The van der Waals surface area contributed by atoms with Gasteiger partial charge in [0.25, 0.3) is 0 Å². The first-order valence-corrected chi connectivity index (χ1v) is 11.0. The number of halogens is 1. The Kier molecular flexibility index (Phi) is 5.76. The molecule has 9 nitrogen and oxygen atoms in total. The number of thioether (sulfide) groups is 1. The normalized spacial score (nSPS) is 28.4. The molecule has 3 N–H and O–H groups in total. The van der Waals surface area contributed by atoms with E-state index in [-0.39, 0.29) is 11.9 Å². The fraction of sp³-hybridized carbons (Fsp3) is 0.450. The molecule has 0 amide bonds. The molecule has 0 spiro atoms. The Balaban J connectivity index is 1.33. The van der Waals surface area contributed by atoms with Crippen molar-refractivity contribution in [3.05, 3.63) is 42.7 Å². The van der Waals surface area contributed by atoms with Crippen LogP contribution < -0.4 is 5.32 Å². The first-order chi connectivity index (χ1) is 15.1. The van der Waals surface area contributed by atoms with Crippen LogP contribution in [0.5, 0.6) is 0 Å². The fourth-order valence-corrected chi connectivity index (χ4v) is 4.75. The van der Waals surface area contributed by atoms with E-state index in [2.05, 4.69) is 20.3 Å². The molecule has 2 saturated heterocycles. The van der Waals surface area contributed by atoms with Gasteiger partial charge in [-0.15, -0.1) is 11.8 Å². The predicted molar refractivity (Wildman–Crippen MR) is 111 cm³/mol. The third kappa shape index (κ3) is 4.11. The van der Waals surface area contributed by atoms with E-state index in [1.165, 1.54) is 36.5 Å². The highest BCUT2D eigenvalue weighted by atomic mass is 32.2. The summed E-state index contributed by atoms with van der Waals surface area (Å²) in [4.78, 5) is 13.9. The number of aliphatic hydroxyl groups excluding tert-OH is 2. The molecule has 1 aromatic carbocycles. The molecular formula is C20H22FN5O4S. The Hall–Kier alpha value is -2.31. The molecule has 2 aliphatic rings. The van der Waals surface area contributed by atoms with Crippen molar-refractivity contribution in [1.82, 2.24) is 19.5 Å². The summed E-state index contributed by atoms with van der Waals surface area (Å²) in [6.07, 6.45) is 0.176. The van der Waals surface area contributed by atoms with Gasteiger partial charge in [-0.2, -0.15) is 0 Å². The molecule has 0 bridgehead atoms. The largest absolute Gasteiger partial charge is 0.387 e. The molecule has 4 heterocycles. The smallest absolute Gasteiger partial charge is 0.167 e. The van der Waals surface area contributed by atoms with Crippen LogP contribution in [0.1, 0.15) is 12.6 Å². The Morgan fingerprint density at radius 2 is 2.00 bits per heavy atom. The minimum atomic E-state index is -1.15. The summed E-state index contributed by atoms with van der Waals surface area (Å²) in [6, 6.07) is 6.25. The zero-order valence-electron chi connectivity index (χ0n) is 16.5. The number of imidazole rings is 1.